The maximum atomic E-state index is 12.4. The number of hydrogen-bond donors (Lipinski definition) is 1. The molecule has 0 heterocycles. The van der Waals surface area contributed by atoms with Crippen molar-refractivity contribution in [3.8, 4) is 0 Å². The Kier molecular flexibility index (Phi) is 7.02. The first kappa shape index (κ1) is 21.0. The quantitative estimate of drug-likeness (QED) is 0.755. The lowest BCUT2D eigenvalue weighted by atomic mass is 9.98. The van der Waals surface area contributed by atoms with Crippen LogP contribution < -0.4 is 9.62 Å². The SMILES string of the molecule is Cc1cccc(C(C)C)c1N(CCNC(=O)Cc1ccccc1)S(C)(=O)=O. The molecule has 0 aliphatic carbocycles. The van der Waals surface area contributed by atoms with Gasteiger partial charge in [0.15, 0.2) is 0 Å². The molecule has 5 nitrogen and oxygen atoms in total. The van der Waals surface area contributed by atoms with Gasteiger partial charge in [0.2, 0.25) is 15.9 Å². The lowest BCUT2D eigenvalue weighted by molar-refractivity contribution is -0.120. The Morgan fingerprint density at radius 2 is 1.74 bits per heavy atom. The largest absolute Gasteiger partial charge is 0.354 e. The van der Waals surface area contributed by atoms with Crippen molar-refractivity contribution >= 4 is 21.6 Å². The van der Waals surface area contributed by atoms with Crippen molar-refractivity contribution in [3.05, 3.63) is 65.2 Å². The van der Waals surface area contributed by atoms with Crippen LogP contribution in [0, 0.1) is 6.92 Å². The number of rotatable bonds is 8. The third-order valence-corrected chi connectivity index (χ3v) is 5.55. The van der Waals surface area contributed by atoms with Crippen LogP contribution in [0.3, 0.4) is 0 Å². The van der Waals surface area contributed by atoms with Crippen molar-refractivity contribution in [1.82, 2.24) is 5.32 Å². The summed E-state index contributed by atoms with van der Waals surface area (Å²) in [4.78, 5) is 12.1. The van der Waals surface area contributed by atoms with Gasteiger partial charge in [-0.1, -0.05) is 62.4 Å². The molecule has 27 heavy (non-hydrogen) atoms. The minimum absolute atomic E-state index is 0.122. The van der Waals surface area contributed by atoms with Gasteiger partial charge in [0.05, 0.1) is 24.9 Å². The highest BCUT2D eigenvalue weighted by atomic mass is 32.2. The summed E-state index contributed by atoms with van der Waals surface area (Å²) in [5.41, 5.74) is 3.53. The molecule has 0 aliphatic rings. The van der Waals surface area contributed by atoms with Crippen molar-refractivity contribution in [3.63, 3.8) is 0 Å². The Morgan fingerprint density at radius 1 is 1.07 bits per heavy atom. The van der Waals surface area contributed by atoms with E-state index in [4.69, 9.17) is 0 Å². The van der Waals surface area contributed by atoms with Gasteiger partial charge in [-0.15, -0.1) is 0 Å². The summed E-state index contributed by atoms with van der Waals surface area (Å²) >= 11 is 0. The fourth-order valence-electron chi connectivity index (χ4n) is 3.07. The minimum Gasteiger partial charge on any atom is -0.354 e. The van der Waals surface area contributed by atoms with Gasteiger partial charge in [-0.2, -0.15) is 0 Å². The van der Waals surface area contributed by atoms with Crippen LogP contribution in [0.2, 0.25) is 0 Å². The molecule has 2 rings (SSSR count). The molecule has 2 aromatic carbocycles. The topological polar surface area (TPSA) is 66.5 Å². The van der Waals surface area contributed by atoms with Crippen LogP contribution >= 0.6 is 0 Å². The zero-order valence-corrected chi connectivity index (χ0v) is 17.2. The average Bonchev–Trinajstić information content (AvgIpc) is 2.59. The summed E-state index contributed by atoms with van der Waals surface area (Å²) in [6.07, 6.45) is 1.48. The van der Waals surface area contributed by atoms with Crippen LogP contribution in [0.1, 0.15) is 36.5 Å². The van der Waals surface area contributed by atoms with E-state index in [0.717, 1.165) is 16.7 Å². The molecule has 0 saturated carbocycles. The number of amides is 1. The molecule has 1 N–H and O–H groups in total. The molecule has 1 amide bonds. The van der Waals surface area contributed by atoms with Gasteiger partial charge in [0.25, 0.3) is 0 Å². The third kappa shape index (κ3) is 5.82. The summed E-state index contributed by atoms with van der Waals surface area (Å²) in [7, 11) is -3.47. The molecule has 0 aliphatic heterocycles. The second-order valence-corrected chi connectivity index (χ2v) is 8.92. The molecule has 0 atom stereocenters. The fourth-order valence-corrected chi connectivity index (χ4v) is 4.08. The first-order valence-corrected chi connectivity index (χ1v) is 10.9. The van der Waals surface area contributed by atoms with Crippen molar-refractivity contribution < 1.29 is 13.2 Å². The van der Waals surface area contributed by atoms with Gasteiger partial charge in [-0.25, -0.2) is 8.42 Å². The van der Waals surface area contributed by atoms with Gasteiger partial charge in [-0.3, -0.25) is 9.10 Å². The van der Waals surface area contributed by atoms with E-state index in [2.05, 4.69) is 5.32 Å². The lowest BCUT2D eigenvalue weighted by Gasteiger charge is -2.28. The summed E-state index contributed by atoms with van der Waals surface area (Å²) in [5.74, 6) is 0.0698. The molecule has 0 saturated heterocycles. The predicted octanol–water partition coefficient (Wildman–Crippen LogP) is 3.24. The number of sulfonamides is 1. The normalized spacial score (nSPS) is 11.4. The van der Waals surface area contributed by atoms with E-state index in [0.29, 0.717) is 5.69 Å². The monoisotopic (exact) mass is 388 g/mol. The number of hydrogen-bond acceptors (Lipinski definition) is 3. The van der Waals surface area contributed by atoms with Crippen LogP contribution in [0.5, 0.6) is 0 Å². The number of para-hydroxylation sites is 1. The van der Waals surface area contributed by atoms with Crippen LogP contribution in [-0.2, 0) is 21.2 Å². The third-order valence-electron chi connectivity index (χ3n) is 4.39. The van der Waals surface area contributed by atoms with E-state index in [1.54, 1.807) is 0 Å². The van der Waals surface area contributed by atoms with Crippen molar-refractivity contribution in [2.24, 2.45) is 0 Å². The Bertz CT molecular complexity index is 878. The zero-order valence-electron chi connectivity index (χ0n) is 16.4. The number of nitrogens with one attached hydrogen (secondary N) is 1. The van der Waals surface area contributed by atoms with Crippen molar-refractivity contribution in [1.29, 1.82) is 0 Å². The first-order valence-electron chi connectivity index (χ1n) is 9.08. The van der Waals surface area contributed by atoms with E-state index in [-0.39, 0.29) is 31.3 Å². The smallest absolute Gasteiger partial charge is 0.232 e. The fraction of sp³-hybridized carbons (Fsp3) is 0.381. The number of aryl methyl sites for hydroxylation is 1. The molecule has 0 fully saturated rings. The van der Waals surface area contributed by atoms with E-state index in [1.807, 2.05) is 69.3 Å². The maximum absolute atomic E-state index is 12.4. The van der Waals surface area contributed by atoms with Crippen LogP contribution in [0.15, 0.2) is 48.5 Å². The first-order chi connectivity index (χ1) is 12.7. The van der Waals surface area contributed by atoms with Gasteiger partial charge in [0.1, 0.15) is 0 Å². The van der Waals surface area contributed by atoms with E-state index in [1.165, 1.54) is 10.6 Å². The maximum Gasteiger partial charge on any atom is 0.232 e. The predicted molar refractivity (Wildman–Crippen MR) is 111 cm³/mol. The molecule has 2 aromatic rings. The summed E-state index contributed by atoms with van der Waals surface area (Å²) in [6, 6.07) is 15.3. The summed E-state index contributed by atoms with van der Waals surface area (Å²) in [6.45, 7) is 6.45. The molecular weight excluding hydrogens is 360 g/mol. The Morgan fingerprint density at radius 3 is 2.33 bits per heavy atom. The molecule has 0 unspecified atom stereocenters. The second-order valence-electron chi connectivity index (χ2n) is 7.01. The molecular formula is C21H28N2O3S. The average molecular weight is 389 g/mol. The van der Waals surface area contributed by atoms with E-state index in [9.17, 15) is 13.2 Å². The number of nitrogens with zero attached hydrogens (tertiary/aromatic N) is 1. The van der Waals surface area contributed by atoms with Crippen LogP contribution in [0.4, 0.5) is 5.69 Å². The number of anilines is 1. The Labute approximate surface area is 162 Å². The number of benzene rings is 2. The molecule has 6 heteroatoms. The van der Waals surface area contributed by atoms with E-state index >= 15 is 0 Å². The van der Waals surface area contributed by atoms with Crippen molar-refractivity contribution in [2.75, 3.05) is 23.7 Å². The number of carbonyl (C=O) groups is 1. The van der Waals surface area contributed by atoms with Crippen LogP contribution in [0.25, 0.3) is 0 Å². The van der Waals surface area contributed by atoms with Gasteiger partial charge in [-0.05, 0) is 29.5 Å². The van der Waals surface area contributed by atoms with Gasteiger partial charge in [0, 0.05) is 6.54 Å². The summed E-state index contributed by atoms with van der Waals surface area (Å²) in [5, 5.41) is 2.83. The number of carbonyl (C=O) groups excluding carboxylic acids is 1. The standard InChI is InChI=1S/C21H28N2O3S/c1-16(2)19-12-8-9-17(3)21(19)23(27(4,25)26)14-13-22-20(24)15-18-10-6-5-7-11-18/h5-12,16H,13-15H2,1-4H3,(H,22,24). The summed E-state index contributed by atoms with van der Waals surface area (Å²) < 4.78 is 26.3. The van der Waals surface area contributed by atoms with Crippen LogP contribution in [-0.4, -0.2) is 33.7 Å². The highest BCUT2D eigenvalue weighted by molar-refractivity contribution is 7.92. The highest BCUT2D eigenvalue weighted by Crippen LogP contribution is 2.32. The van der Waals surface area contributed by atoms with Gasteiger partial charge < -0.3 is 5.32 Å². The lowest BCUT2D eigenvalue weighted by Crippen LogP contribution is -2.39. The Balaban J connectivity index is 2.12. The molecule has 0 aromatic heterocycles. The molecule has 0 bridgehead atoms. The van der Waals surface area contributed by atoms with Crippen molar-refractivity contribution in [2.45, 2.75) is 33.1 Å². The minimum atomic E-state index is -3.47. The Hall–Kier alpha value is -2.34. The molecule has 0 radical (unpaired) electrons. The second kappa shape index (κ2) is 9.04. The zero-order chi connectivity index (χ0) is 20.0. The molecule has 146 valence electrons. The molecule has 0 spiro atoms. The highest BCUT2D eigenvalue weighted by Gasteiger charge is 2.23. The van der Waals surface area contributed by atoms with Gasteiger partial charge >= 0.3 is 0 Å². The van der Waals surface area contributed by atoms with E-state index < -0.39 is 10.0 Å².